The summed E-state index contributed by atoms with van der Waals surface area (Å²) >= 11 is 0. The summed E-state index contributed by atoms with van der Waals surface area (Å²) in [5, 5.41) is 2.89. The molecule has 1 heterocycles. The Morgan fingerprint density at radius 1 is 1.32 bits per heavy atom. The molecule has 2 rings (SSSR count). The number of nitrogens with one attached hydrogen (secondary N) is 1. The van der Waals surface area contributed by atoms with Crippen molar-refractivity contribution in [3.05, 3.63) is 53.9 Å². The second-order valence-corrected chi connectivity index (χ2v) is 4.52. The summed E-state index contributed by atoms with van der Waals surface area (Å²) in [6.07, 6.45) is 1.70. The number of carbonyl (C=O) groups is 1. The van der Waals surface area contributed by atoms with Crippen LogP contribution in [-0.2, 0) is 4.79 Å². The molecule has 19 heavy (non-hydrogen) atoms. The zero-order valence-electron chi connectivity index (χ0n) is 11.1. The molecular formula is C15H17N3O. The highest BCUT2D eigenvalue weighted by atomic mass is 16.1. The summed E-state index contributed by atoms with van der Waals surface area (Å²) in [4.78, 5) is 16.3. The van der Waals surface area contributed by atoms with Gasteiger partial charge in [0.05, 0.1) is 17.3 Å². The van der Waals surface area contributed by atoms with Crippen molar-refractivity contribution in [2.24, 2.45) is 0 Å². The van der Waals surface area contributed by atoms with E-state index in [0.29, 0.717) is 5.69 Å². The van der Waals surface area contributed by atoms with Crippen LogP contribution in [0, 0.1) is 6.92 Å². The molecule has 0 fully saturated rings. The maximum atomic E-state index is 12.2. The molecule has 0 bridgehead atoms. The quantitative estimate of drug-likeness (QED) is 0.829. The minimum absolute atomic E-state index is 0.0679. The molecule has 4 nitrogen and oxygen atoms in total. The number of hydrogen-bond acceptors (Lipinski definition) is 3. The van der Waals surface area contributed by atoms with Crippen molar-refractivity contribution in [3.8, 4) is 0 Å². The molecule has 0 aliphatic heterocycles. The number of nitrogen functional groups attached to an aromatic ring is 1. The van der Waals surface area contributed by atoms with E-state index < -0.39 is 0 Å². The summed E-state index contributed by atoms with van der Waals surface area (Å²) in [5.74, 6) is -0.329. The van der Waals surface area contributed by atoms with Gasteiger partial charge in [0.15, 0.2) is 0 Å². The lowest BCUT2D eigenvalue weighted by Gasteiger charge is -2.14. The third-order valence-electron chi connectivity index (χ3n) is 3.07. The molecule has 0 spiro atoms. The zero-order chi connectivity index (χ0) is 13.8. The summed E-state index contributed by atoms with van der Waals surface area (Å²) < 4.78 is 0. The third-order valence-corrected chi connectivity index (χ3v) is 3.07. The van der Waals surface area contributed by atoms with E-state index >= 15 is 0 Å². The topological polar surface area (TPSA) is 68.0 Å². The lowest BCUT2D eigenvalue weighted by atomic mass is 10.00. The van der Waals surface area contributed by atoms with Crippen LogP contribution in [0.5, 0.6) is 0 Å². The Labute approximate surface area is 112 Å². The number of pyridine rings is 1. The first kappa shape index (κ1) is 13.1. The van der Waals surface area contributed by atoms with Gasteiger partial charge in [-0.2, -0.15) is 0 Å². The molecule has 4 heteroatoms. The van der Waals surface area contributed by atoms with Gasteiger partial charge in [0, 0.05) is 11.9 Å². The highest BCUT2D eigenvalue weighted by molar-refractivity contribution is 5.96. The maximum absolute atomic E-state index is 12.2. The molecule has 1 aromatic carbocycles. The summed E-state index contributed by atoms with van der Waals surface area (Å²) in [7, 11) is 0. The van der Waals surface area contributed by atoms with Gasteiger partial charge in [-0.15, -0.1) is 0 Å². The van der Waals surface area contributed by atoms with Crippen molar-refractivity contribution in [2.75, 3.05) is 11.1 Å². The first-order valence-electron chi connectivity index (χ1n) is 6.16. The highest BCUT2D eigenvalue weighted by Crippen LogP contribution is 2.20. The van der Waals surface area contributed by atoms with Gasteiger partial charge in [-0.3, -0.25) is 9.78 Å². The van der Waals surface area contributed by atoms with Gasteiger partial charge in [0.2, 0.25) is 5.91 Å². The molecule has 2 aromatic rings. The number of aryl methyl sites for hydroxylation is 1. The minimum Gasteiger partial charge on any atom is -0.399 e. The molecule has 1 unspecified atom stereocenters. The van der Waals surface area contributed by atoms with Crippen molar-refractivity contribution in [1.29, 1.82) is 0 Å². The van der Waals surface area contributed by atoms with E-state index in [9.17, 15) is 4.79 Å². The third kappa shape index (κ3) is 3.10. The van der Waals surface area contributed by atoms with Crippen molar-refractivity contribution in [3.63, 3.8) is 0 Å². The van der Waals surface area contributed by atoms with Gasteiger partial charge in [-0.25, -0.2) is 0 Å². The van der Waals surface area contributed by atoms with Crippen molar-refractivity contribution < 1.29 is 4.79 Å². The summed E-state index contributed by atoms with van der Waals surface area (Å²) in [6, 6.07) is 11.0. The fraction of sp³-hybridized carbons (Fsp3) is 0.200. The zero-order valence-corrected chi connectivity index (χ0v) is 11.1. The molecule has 0 aliphatic carbocycles. The number of benzene rings is 1. The summed E-state index contributed by atoms with van der Waals surface area (Å²) in [6.45, 7) is 3.72. The van der Waals surface area contributed by atoms with Crippen LogP contribution in [-0.4, -0.2) is 10.9 Å². The van der Waals surface area contributed by atoms with Crippen LogP contribution in [0.1, 0.15) is 24.1 Å². The normalized spacial score (nSPS) is 11.9. The van der Waals surface area contributed by atoms with Crippen molar-refractivity contribution >= 4 is 17.3 Å². The smallest absolute Gasteiger partial charge is 0.231 e. The number of amides is 1. The van der Waals surface area contributed by atoms with Crippen LogP contribution >= 0.6 is 0 Å². The Balaban J connectivity index is 2.14. The molecule has 0 radical (unpaired) electrons. The fourth-order valence-corrected chi connectivity index (χ4v) is 1.84. The van der Waals surface area contributed by atoms with Gasteiger partial charge >= 0.3 is 0 Å². The molecule has 0 saturated carbocycles. The molecule has 0 saturated heterocycles. The first-order chi connectivity index (χ1) is 9.08. The number of hydrogen-bond donors (Lipinski definition) is 2. The average Bonchev–Trinajstić information content (AvgIpc) is 2.40. The SMILES string of the molecule is Cc1ncccc1NC(=O)C(C)c1cccc(N)c1. The monoisotopic (exact) mass is 255 g/mol. The maximum Gasteiger partial charge on any atom is 0.231 e. The number of nitrogens with zero attached hydrogens (tertiary/aromatic N) is 1. The summed E-state index contributed by atoms with van der Waals surface area (Å²) in [5.41, 5.74) is 8.84. The second-order valence-electron chi connectivity index (χ2n) is 4.52. The van der Waals surface area contributed by atoms with E-state index in [0.717, 1.165) is 16.9 Å². The molecule has 1 aromatic heterocycles. The Hall–Kier alpha value is -2.36. The Morgan fingerprint density at radius 2 is 2.11 bits per heavy atom. The molecule has 1 atom stereocenters. The van der Waals surface area contributed by atoms with E-state index in [1.165, 1.54) is 0 Å². The molecule has 0 aliphatic rings. The fourth-order valence-electron chi connectivity index (χ4n) is 1.84. The largest absolute Gasteiger partial charge is 0.399 e. The predicted octanol–water partition coefficient (Wildman–Crippen LogP) is 2.71. The number of aromatic nitrogens is 1. The van der Waals surface area contributed by atoms with Crippen molar-refractivity contribution in [2.45, 2.75) is 19.8 Å². The molecule has 1 amide bonds. The van der Waals surface area contributed by atoms with Crippen LogP contribution in [0.3, 0.4) is 0 Å². The van der Waals surface area contributed by atoms with E-state index in [1.54, 1.807) is 18.3 Å². The Bertz CT molecular complexity index is 595. The van der Waals surface area contributed by atoms with Crippen LogP contribution in [0.15, 0.2) is 42.6 Å². The van der Waals surface area contributed by atoms with E-state index in [1.807, 2.05) is 38.1 Å². The lowest BCUT2D eigenvalue weighted by molar-refractivity contribution is -0.117. The molecule has 98 valence electrons. The number of nitrogens with two attached hydrogens (primary N) is 1. The van der Waals surface area contributed by atoms with E-state index in [2.05, 4.69) is 10.3 Å². The number of carbonyl (C=O) groups excluding carboxylic acids is 1. The number of rotatable bonds is 3. The van der Waals surface area contributed by atoms with E-state index in [-0.39, 0.29) is 11.8 Å². The molecule has 3 N–H and O–H groups in total. The minimum atomic E-state index is -0.261. The van der Waals surface area contributed by atoms with Gasteiger partial charge in [-0.1, -0.05) is 12.1 Å². The van der Waals surface area contributed by atoms with E-state index in [4.69, 9.17) is 5.73 Å². The van der Waals surface area contributed by atoms with Gasteiger partial charge in [-0.05, 0) is 43.7 Å². The van der Waals surface area contributed by atoms with Gasteiger partial charge in [0.25, 0.3) is 0 Å². The van der Waals surface area contributed by atoms with Gasteiger partial charge in [0.1, 0.15) is 0 Å². The van der Waals surface area contributed by atoms with Crippen LogP contribution in [0.4, 0.5) is 11.4 Å². The Kier molecular flexibility index (Phi) is 3.80. The number of anilines is 2. The van der Waals surface area contributed by atoms with Crippen molar-refractivity contribution in [1.82, 2.24) is 4.98 Å². The second kappa shape index (κ2) is 5.52. The van der Waals surface area contributed by atoms with Gasteiger partial charge < -0.3 is 11.1 Å². The lowest BCUT2D eigenvalue weighted by Crippen LogP contribution is -2.19. The standard InChI is InChI=1S/C15H17N3O/c1-10(12-5-3-6-13(16)9-12)15(19)18-14-7-4-8-17-11(14)2/h3-10H,16H2,1-2H3,(H,18,19). The first-order valence-corrected chi connectivity index (χ1v) is 6.16. The predicted molar refractivity (Wildman–Crippen MR) is 76.9 cm³/mol. The highest BCUT2D eigenvalue weighted by Gasteiger charge is 2.16. The van der Waals surface area contributed by atoms with Crippen LogP contribution in [0.2, 0.25) is 0 Å². The van der Waals surface area contributed by atoms with Crippen LogP contribution in [0.25, 0.3) is 0 Å². The average molecular weight is 255 g/mol. The molecular weight excluding hydrogens is 238 g/mol. The van der Waals surface area contributed by atoms with Crippen LogP contribution < -0.4 is 11.1 Å². The Morgan fingerprint density at radius 3 is 2.79 bits per heavy atom.